The van der Waals surface area contributed by atoms with E-state index in [9.17, 15) is 14.7 Å². The zero-order valence-electron chi connectivity index (χ0n) is 11.7. The van der Waals surface area contributed by atoms with Gasteiger partial charge in [0.05, 0.1) is 5.39 Å². The van der Waals surface area contributed by atoms with Gasteiger partial charge in [-0.05, 0) is 12.0 Å². The van der Waals surface area contributed by atoms with Crippen LogP contribution in [-0.2, 0) is 6.54 Å². The highest BCUT2D eigenvalue weighted by Gasteiger charge is 2.16. The van der Waals surface area contributed by atoms with Gasteiger partial charge in [0.15, 0.2) is 5.69 Å². The van der Waals surface area contributed by atoms with Crippen molar-refractivity contribution in [2.24, 2.45) is 5.92 Å². The third kappa shape index (κ3) is 2.57. The predicted octanol–water partition coefficient (Wildman–Crippen LogP) is 2.53. The molecule has 0 saturated carbocycles. The lowest BCUT2D eigenvalue weighted by Crippen LogP contribution is -2.28. The van der Waals surface area contributed by atoms with Gasteiger partial charge in [-0.1, -0.05) is 44.9 Å². The highest BCUT2D eigenvalue weighted by molar-refractivity contribution is 6.01. The lowest BCUT2D eigenvalue weighted by atomic mass is 10.0. The highest BCUT2D eigenvalue weighted by Crippen LogP contribution is 2.15. The number of hydrogen-bond acceptors (Lipinski definition) is 3. The van der Waals surface area contributed by atoms with Gasteiger partial charge in [-0.15, -0.1) is 0 Å². The highest BCUT2D eigenvalue weighted by atomic mass is 16.4. The van der Waals surface area contributed by atoms with Crippen molar-refractivity contribution < 1.29 is 9.90 Å². The summed E-state index contributed by atoms with van der Waals surface area (Å²) in [5, 5.41) is 14.1. The van der Waals surface area contributed by atoms with Crippen LogP contribution in [0.3, 0.4) is 0 Å². The lowest BCUT2D eigenvalue weighted by Gasteiger charge is -2.14. The fourth-order valence-electron chi connectivity index (χ4n) is 2.31. The van der Waals surface area contributed by atoms with Crippen LogP contribution in [0.4, 0.5) is 0 Å². The van der Waals surface area contributed by atoms with Gasteiger partial charge < -0.3 is 5.11 Å². The van der Waals surface area contributed by atoms with Gasteiger partial charge >= 0.3 is 5.97 Å². The van der Waals surface area contributed by atoms with Crippen molar-refractivity contribution in [2.45, 2.75) is 33.2 Å². The first-order chi connectivity index (χ1) is 9.58. The molecule has 0 aliphatic heterocycles. The molecule has 106 valence electrons. The summed E-state index contributed by atoms with van der Waals surface area (Å²) < 4.78 is 1.30. The molecule has 0 aliphatic carbocycles. The SMILES string of the molecule is CCC(CC)Cn1nc(C(=O)O)c2ccccc2c1=O. The van der Waals surface area contributed by atoms with Gasteiger partial charge in [0.2, 0.25) is 0 Å². The van der Waals surface area contributed by atoms with Crippen molar-refractivity contribution in [1.29, 1.82) is 0 Å². The Morgan fingerprint density at radius 1 is 1.25 bits per heavy atom. The standard InChI is InChI=1S/C15H18N2O3/c1-3-10(4-2)9-17-14(18)12-8-6-5-7-11(12)13(16-17)15(19)20/h5-8,10H,3-4,9H2,1-2H3,(H,19,20). The largest absolute Gasteiger partial charge is 0.476 e. The van der Waals surface area contributed by atoms with Crippen LogP contribution < -0.4 is 5.56 Å². The quantitative estimate of drug-likeness (QED) is 0.909. The Balaban J connectivity index is 2.64. The predicted molar refractivity (Wildman–Crippen MR) is 77.0 cm³/mol. The summed E-state index contributed by atoms with van der Waals surface area (Å²) in [5.74, 6) is -0.789. The molecule has 0 fully saturated rings. The molecule has 0 bridgehead atoms. The molecule has 5 nitrogen and oxygen atoms in total. The van der Waals surface area contributed by atoms with Gasteiger partial charge in [-0.2, -0.15) is 5.10 Å². The number of carboxylic acid groups (broad SMARTS) is 1. The molecule has 0 aliphatic rings. The van der Waals surface area contributed by atoms with Crippen LogP contribution in [0.1, 0.15) is 37.2 Å². The van der Waals surface area contributed by atoms with Crippen LogP contribution in [0.25, 0.3) is 10.8 Å². The number of hydrogen-bond donors (Lipinski definition) is 1. The Kier molecular flexibility index (Phi) is 4.17. The molecular formula is C15H18N2O3. The van der Waals surface area contributed by atoms with E-state index in [1.165, 1.54) is 4.68 Å². The third-order valence-corrected chi connectivity index (χ3v) is 3.66. The van der Waals surface area contributed by atoms with Crippen molar-refractivity contribution in [2.75, 3.05) is 0 Å². The van der Waals surface area contributed by atoms with E-state index in [4.69, 9.17) is 0 Å². The summed E-state index contributed by atoms with van der Waals surface area (Å²) in [4.78, 5) is 23.7. The third-order valence-electron chi connectivity index (χ3n) is 3.66. The minimum Gasteiger partial charge on any atom is -0.476 e. The molecule has 20 heavy (non-hydrogen) atoms. The molecule has 0 spiro atoms. The summed E-state index contributed by atoms with van der Waals surface area (Å²) in [6, 6.07) is 6.71. The number of aromatic nitrogens is 2. The van der Waals surface area contributed by atoms with Gasteiger partial charge in [-0.25, -0.2) is 9.48 Å². The van der Waals surface area contributed by atoms with Crippen LogP contribution in [0, 0.1) is 5.92 Å². The summed E-state index contributed by atoms with van der Waals surface area (Å²) in [6.45, 7) is 4.56. The average molecular weight is 274 g/mol. The normalized spacial score (nSPS) is 11.2. The monoisotopic (exact) mass is 274 g/mol. The summed E-state index contributed by atoms with van der Waals surface area (Å²) in [5.41, 5.74) is -0.288. The molecule has 0 radical (unpaired) electrons. The summed E-state index contributed by atoms with van der Waals surface area (Å²) >= 11 is 0. The van der Waals surface area contributed by atoms with E-state index in [0.29, 0.717) is 23.2 Å². The number of benzene rings is 1. The maximum atomic E-state index is 12.4. The molecule has 2 rings (SSSR count). The zero-order chi connectivity index (χ0) is 14.7. The topological polar surface area (TPSA) is 72.2 Å². The second-order valence-electron chi connectivity index (χ2n) is 4.87. The molecule has 5 heteroatoms. The van der Waals surface area contributed by atoms with E-state index in [1.807, 2.05) is 0 Å². The fourth-order valence-corrected chi connectivity index (χ4v) is 2.31. The number of carboxylic acids is 1. The molecule has 1 heterocycles. The Bertz CT molecular complexity index is 687. The number of rotatable bonds is 5. The van der Waals surface area contributed by atoms with Gasteiger partial charge in [-0.3, -0.25) is 4.79 Å². The van der Waals surface area contributed by atoms with Gasteiger partial charge in [0.1, 0.15) is 0 Å². The Labute approximate surface area is 116 Å². The van der Waals surface area contributed by atoms with Crippen molar-refractivity contribution >= 4 is 16.7 Å². The van der Waals surface area contributed by atoms with Crippen LogP contribution in [-0.4, -0.2) is 20.9 Å². The fraction of sp³-hybridized carbons (Fsp3) is 0.400. The smallest absolute Gasteiger partial charge is 0.357 e. The second-order valence-corrected chi connectivity index (χ2v) is 4.87. The first-order valence-corrected chi connectivity index (χ1v) is 6.81. The van der Waals surface area contributed by atoms with Crippen LogP contribution in [0.5, 0.6) is 0 Å². The van der Waals surface area contributed by atoms with E-state index < -0.39 is 5.97 Å². The molecule has 0 unspecified atom stereocenters. The molecule has 1 N–H and O–H groups in total. The van der Waals surface area contributed by atoms with Gasteiger partial charge in [0.25, 0.3) is 5.56 Å². The molecule has 0 saturated heterocycles. The Morgan fingerprint density at radius 2 is 1.85 bits per heavy atom. The number of carbonyl (C=O) groups is 1. The van der Waals surface area contributed by atoms with Crippen molar-refractivity contribution in [3.8, 4) is 0 Å². The molecule has 0 atom stereocenters. The van der Waals surface area contributed by atoms with E-state index in [0.717, 1.165) is 12.8 Å². The summed E-state index contributed by atoms with van der Waals surface area (Å²) in [7, 11) is 0. The summed E-state index contributed by atoms with van der Waals surface area (Å²) in [6.07, 6.45) is 1.86. The van der Waals surface area contributed by atoms with Gasteiger partial charge in [0, 0.05) is 11.9 Å². The Hall–Kier alpha value is -2.17. The minimum absolute atomic E-state index is 0.0637. The van der Waals surface area contributed by atoms with Crippen molar-refractivity contribution in [3.05, 3.63) is 40.3 Å². The molecule has 2 aromatic rings. The molecular weight excluding hydrogens is 256 g/mol. The molecule has 0 amide bonds. The van der Waals surface area contributed by atoms with E-state index in [2.05, 4.69) is 18.9 Å². The maximum absolute atomic E-state index is 12.4. The molecule has 1 aromatic carbocycles. The second kappa shape index (κ2) is 5.86. The van der Waals surface area contributed by atoms with E-state index in [1.54, 1.807) is 24.3 Å². The maximum Gasteiger partial charge on any atom is 0.357 e. The number of nitrogens with zero attached hydrogens (tertiary/aromatic N) is 2. The minimum atomic E-state index is -1.11. The van der Waals surface area contributed by atoms with Crippen LogP contribution in [0.15, 0.2) is 29.1 Å². The van der Waals surface area contributed by atoms with E-state index in [-0.39, 0.29) is 11.3 Å². The van der Waals surface area contributed by atoms with Crippen LogP contribution >= 0.6 is 0 Å². The Morgan fingerprint density at radius 3 is 2.40 bits per heavy atom. The van der Waals surface area contributed by atoms with Crippen molar-refractivity contribution in [3.63, 3.8) is 0 Å². The molecule has 1 aromatic heterocycles. The first-order valence-electron chi connectivity index (χ1n) is 6.81. The number of fused-ring (bicyclic) bond motifs is 1. The zero-order valence-corrected chi connectivity index (χ0v) is 11.7. The average Bonchev–Trinajstić information content (AvgIpc) is 2.46. The first kappa shape index (κ1) is 14.2. The number of aromatic carboxylic acids is 1. The van der Waals surface area contributed by atoms with Crippen molar-refractivity contribution in [1.82, 2.24) is 9.78 Å². The lowest BCUT2D eigenvalue weighted by molar-refractivity contribution is 0.0689. The van der Waals surface area contributed by atoms with E-state index >= 15 is 0 Å². The van der Waals surface area contributed by atoms with Crippen LogP contribution in [0.2, 0.25) is 0 Å².